The molecule has 192 valence electrons. The highest BCUT2D eigenvalue weighted by Crippen LogP contribution is 2.42. The Balaban J connectivity index is 3.53. The molecular weight excluding hydrogens is 489 g/mol. The standard InChI is InChI=1S/C21H52O6Si5/c1-28(2,3)22-16-18-19(25-30(7,8)9)20(26-31(10,11)12)21(24-18,27-32(13,14)15)17-23-29(4,5)6/h18-20H,16-17H2,1-15H3/t18-,19+,20-,21-/m1/s1. The molecule has 1 aliphatic heterocycles. The molecule has 0 aliphatic carbocycles. The smallest absolute Gasteiger partial charge is 0.210 e. The van der Waals surface area contributed by atoms with Gasteiger partial charge in [-0.1, -0.05) is 0 Å². The highest BCUT2D eigenvalue weighted by molar-refractivity contribution is 6.71. The molecule has 1 rings (SSSR count). The zero-order chi connectivity index (χ0) is 25.4. The van der Waals surface area contributed by atoms with Crippen molar-refractivity contribution in [3.05, 3.63) is 0 Å². The zero-order valence-electron chi connectivity index (χ0n) is 23.6. The maximum Gasteiger partial charge on any atom is 0.210 e. The van der Waals surface area contributed by atoms with E-state index in [2.05, 4.69) is 98.2 Å². The molecule has 0 saturated carbocycles. The molecule has 1 heterocycles. The number of ether oxygens (including phenoxy) is 1. The molecule has 0 N–H and O–H groups in total. The second-order valence-electron chi connectivity index (χ2n) is 13.9. The van der Waals surface area contributed by atoms with Crippen molar-refractivity contribution in [1.29, 1.82) is 0 Å². The summed E-state index contributed by atoms with van der Waals surface area (Å²) in [5.41, 5.74) is 0. The van der Waals surface area contributed by atoms with Crippen LogP contribution in [-0.2, 0) is 26.9 Å². The molecule has 0 bridgehead atoms. The van der Waals surface area contributed by atoms with Gasteiger partial charge in [-0.15, -0.1) is 0 Å². The fourth-order valence-corrected chi connectivity index (χ4v) is 8.17. The summed E-state index contributed by atoms with van der Waals surface area (Å²) in [6, 6.07) is 0. The van der Waals surface area contributed by atoms with Crippen LogP contribution >= 0.6 is 0 Å². The predicted molar refractivity (Wildman–Crippen MR) is 147 cm³/mol. The minimum atomic E-state index is -2.02. The lowest BCUT2D eigenvalue weighted by Gasteiger charge is -2.43. The lowest BCUT2D eigenvalue weighted by molar-refractivity contribution is -0.229. The lowest BCUT2D eigenvalue weighted by Crippen LogP contribution is -2.59. The second kappa shape index (κ2) is 10.4. The van der Waals surface area contributed by atoms with Gasteiger partial charge in [0.25, 0.3) is 0 Å². The third kappa shape index (κ3) is 11.5. The van der Waals surface area contributed by atoms with Crippen molar-refractivity contribution in [3.63, 3.8) is 0 Å². The van der Waals surface area contributed by atoms with E-state index < -0.39 is 47.4 Å². The number of hydrogen-bond donors (Lipinski definition) is 0. The fourth-order valence-electron chi connectivity index (χ4n) is 3.44. The second-order valence-corrected chi connectivity index (χ2v) is 36.2. The molecule has 0 aromatic heterocycles. The van der Waals surface area contributed by atoms with Gasteiger partial charge in [0.1, 0.15) is 18.3 Å². The van der Waals surface area contributed by atoms with Crippen LogP contribution in [0.1, 0.15) is 0 Å². The van der Waals surface area contributed by atoms with Gasteiger partial charge < -0.3 is 26.9 Å². The predicted octanol–water partition coefficient (Wildman–Crippen LogP) is 6.08. The third-order valence-electron chi connectivity index (χ3n) is 4.29. The van der Waals surface area contributed by atoms with E-state index in [9.17, 15) is 0 Å². The first-order valence-electron chi connectivity index (χ1n) is 11.9. The normalized spacial score (nSPS) is 28.4. The molecule has 1 aliphatic rings. The van der Waals surface area contributed by atoms with E-state index in [1.54, 1.807) is 0 Å². The van der Waals surface area contributed by atoms with Gasteiger partial charge in [-0.2, -0.15) is 0 Å². The van der Waals surface area contributed by atoms with Crippen LogP contribution in [-0.4, -0.2) is 78.9 Å². The first kappa shape index (κ1) is 30.9. The Morgan fingerprint density at radius 3 is 1.44 bits per heavy atom. The Hall–Kier alpha value is 0.844. The van der Waals surface area contributed by atoms with Crippen molar-refractivity contribution < 1.29 is 26.9 Å². The van der Waals surface area contributed by atoms with Gasteiger partial charge in [0, 0.05) is 0 Å². The molecule has 0 radical (unpaired) electrons. The summed E-state index contributed by atoms with van der Waals surface area (Å²) >= 11 is 0. The SMILES string of the molecule is C[Si](C)(C)OC[C@H]1O[C@](CO[Si](C)(C)C)(O[Si](C)(C)C)[C@H](O[Si](C)(C)C)[C@H]1O[Si](C)(C)C. The monoisotopic (exact) mass is 540 g/mol. The van der Waals surface area contributed by atoms with Gasteiger partial charge in [-0.05, 0) is 98.2 Å². The van der Waals surface area contributed by atoms with Crippen molar-refractivity contribution in [3.8, 4) is 0 Å². The van der Waals surface area contributed by atoms with Gasteiger partial charge in [0.15, 0.2) is 41.6 Å². The van der Waals surface area contributed by atoms with Gasteiger partial charge in [0.2, 0.25) is 5.79 Å². The average molecular weight is 541 g/mol. The quantitative estimate of drug-likeness (QED) is 0.280. The minimum absolute atomic E-state index is 0.244. The molecule has 0 amide bonds. The summed E-state index contributed by atoms with van der Waals surface area (Å²) in [6.07, 6.45) is -0.845. The van der Waals surface area contributed by atoms with E-state index in [0.717, 1.165) is 0 Å². The first-order valence-corrected chi connectivity index (χ1v) is 29.0. The Bertz CT molecular complexity index is 600. The fraction of sp³-hybridized carbons (Fsp3) is 1.00. The summed E-state index contributed by atoms with van der Waals surface area (Å²) in [4.78, 5) is 0. The van der Waals surface area contributed by atoms with Crippen molar-refractivity contribution >= 4 is 41.6 Å². The van der Waals surface area contributed by atoms with Gasteiger partial charge >= 0.3 is 0 Å². The van der Waals surface area contributed by atoms with Crippen LogP contribution < -0.4 is 0 Å². The van der Waals surface area contributed by atoms with Crippen molar-refractivity contribution in [1.82, 2.24) is 0 Å². The molecule has 0 aromatic carbocycles. The summed E-state index contributed by atoms with van der Waals surface area (Å²) < 4.78 is 40.1. The molecule has 4 atom stereocenters. The lowest BCUT2D eigenvalue weighted by atomic mass is 10.1. The molecule has 0 unspecified atom stereocenters. The molecule has 0 aromatic rings. The highest BCUT2D eigenvalue weighted by Gasteiger charge is 2.61. The topological polar surface area (TPSA) is 55.4 Å². The van der Waals surface area contributed by atoms with Crippen LogP contribution in [0.15, 0.2) is 0 Å². The first-order chi connectivity index (χ1) is 13.9. The summed E-state index contributed by atoms with van der Waals surface area (Å²) in [5.74, 6) is -0.983. The molecule has 6 nitrogen and oxygen atoms in total. The molecule has 32 heavy (non-hydrogen) atoms. The van der Waals surface area contributed by atoms with Gasteiger partial charge in [0.05, 0.1) is 13.2 Å². The van der Waals surface area contributed by atoms with E-state index in [1.807, 2.05) is 0 Å². The summed E-state index contributed by atoms with van der Waals surface area (Å²) in [7, 11) is -9.43. The van der Waals surface area contributed by atoms with Crippen molar-refractivity contribution in [2.75, 3.05) is 13.2 Å². The maximum absolute atomic E-state index is 6.85. The van der Waals surface area contributed by atoms with Crippen LogP contribution in [0.25, 0.3) is 0 Å². The van der Waals surface area contributed by atoms with Crippen LogP contribution in [0.3, 0.4) is 0 Å². The van der Waals surface area contributed by atoms with Crippen LogP contribution in [0, 0.1) is 0 Å². The van der Waals surface area contributed by atoms with Crippen LogP contribution in [0.2, 0.25) is 98.2 Å². The van der Waals surface area contributed by atoms with E-state index in [1.165, 1.54) is 0 Å². The van der Waals surface area contributed by atoms with Gasteiger partial charge in [-0.3, -0.25) is 0 Å². The Morgan fingerprint density at radius 2 is 1.06 bits per heavy atom. The van der Waals surface area contributed by atoms with Crippen molar-refractivity contribution in [2.24, 2.45) is 0 Å². The van der Waals surface area contributed by atoms with E-state index in [-0.39, 0.29) is 18.3 Å². The average Bonchev–Trinajstić information content (AvgIpc) is 2.71. The summed E-state index contributed by atoms with van der Waals surface area (Å²) in [6.45, 7) is 33.9. The largest absolute Gasteiger partial charge is 0.415 e. The Morgan fingerprint density at radius 1 is 0.594 bits per heavy atom. The van der Waals surface area contributed by atoms with Crippen molar-refractivity contribution in [2.45, 2.75) is 122 Å². The highest BCUT2D eigenvalue weighted by atomic mass is 28.4. The summed E-state index contributed by atoms with van der Waals surface area (Å²) in [5, 5.41) is 0. The minimum Gasteiger partial charge on any atom is -0.415 e. The Labute approximate surface area is 203 Å². The van der Waals surface area contributed by atoms with E-state index >= 15 is 0 Å². The third-order valence-corrected chi connectivity index (χ3v) is 9.23. The van der Waals surface area contributed by atoms with E-state index in [4.69, 9.17) is 26.9 Å². The maximum atomic E-state index is 6.85. The molecule has 11 heteroatoms. The van der Waals surface area contributed by atoms with E-state index in [0.29, 0.717) is 13.2 Å². The molecule has 1 fully saturated rings. The Kier molecular flexibility index (Phi) is 10.1. The van der Waals surface area contributed by atoms with Gasteiger partial charge in [-0.25, -0.2) is 0 Å². The number of hydrogen-bond acceptors (Lipinski definition) is 6. The van der Waals surface area contributed by atoms with Crippen LogP contribution in [0.4, 0.5) is 0 Å². The number of rotatable bonds is 12. The molecule has 0 spiro atoms. The zero-order valence-corrected chi connectivity index (χ0v) is 28.6. The van der Waals surface area contributed by atoms with Crippen LogP contribution in [0.5, 0.6) is 0 Å². The molecular formula is C21H52O6Si5. The molecule has 1 saturated heterocycles.